The number of hydrogen-bond donors (Lipinski definition) is 0. The van der Waals surface area contributed by atoms with Crippen molar-refractivity contribution < 1.29 is 9.53 Å². The monoisotopic (exact) mass is 328 g/mol. The number of carbonyl (C=O) groups is 1. The molecule has 0 radical (unpaired) electrons. The van der Waals surface area contributed by atoms with Crippen molar-refractivity contribution in [3.63, 3.8) is 0 Å². The third kappa shape index (κ3) is 15.0. The molecular weight excluding hydrogens is 296 g/mol. The summed E-state index contributed by atoms with van der Waals surface area (Å²) in [6, 6.07) is 18.6. The quantitative estimate of drug-likeness (QED) is 0.621. The summed E-state index contributed by atoms with van der Waals surface area (Å²) in [6.45, 7) is 11.4. The molecular formula is C22H32O2. The van der Waals surface area contributed by atoms with Crippen molar-refractivity contribution in [2.24, 2.45) is 0 Å². The maximum Gasteiger partial charge on any atom is 0.126 e. The average Bonchev–Trinajstić information content (AvgIpc) is 3.11. The van der Waals surface area contributed by atoms with Gasteiger partial charge in [0.1, 0.15) is 5.78 Å². The molecule has 132 valence electrons. The zero-order valence-corrected chi connectivity index (χ0v) is 15.8. The zero-order valence-electron chi connectivity index (χ0n) is 15.8. The molecule has 1 heterocycles. The summed E-state index contributed by atoms with van der Waals surface area (Å²) < 4.78 is 4.94. The van der Waals surface area contributed by atoms with E-state index < -0.39 is 0 Å². The van der Waals surface area contributed by atoms with Gasteiger partial charge in [-0.15, -0.1) is 0 Å². The molecule has 0 amide bonds. The molecule has 2 aromatic carbocycles. The predicted octanol–water partition coefficient (Wildman–Crippen LogP) is 5.69. The Bertz CT molecular complexity index is 510. The van der Waals surface area contributed by atoms with Crippen LogP contribution >= 0.6 is 0 Å². The molecule has 0 unspecified atom stereocenters. The van der Waals surface area contributed by atoms with E-state index in [1.807, 2.05) is 18.2 Å². The summed E-state index contributed by atoms with van der Waals surface area (Å²) in [7, 11) is 0. The standard InChI is InChI=1S/C8H10.C7H8.C4H8O.C3H6O/c1-7-5-3-4-6-8(7)2;1-7-5-3-2-4-6-7;1-2-4-5-3-1;1-3(2)4/h3-6H,1-2H3;2-6H,1H3;1-4H2;1-2H3. The van der Waals surface area contributed by atoms with Crippen LogP contribution in [0.5, 0.6) is 0 Å². The Hall–Kier alpha value is -1.93. The second-order valence-corrected chi connectivity index (χ2v) is 5.97. The van der Waals surface area contributed by atoms with E-state index in [0.29, 0.717) is 0 Å². The normalized spacial score (nSPS) is 11.7. The van der Waals surface area contributed by atoms with Gasteiger partial charge in [0.25, 0.3) is 0 Å². The average molecular weight is 328 g/mol. The zero-order chi connectivity index (χ0) is 18.2. The van der Waals surface area contributed by atoms with Crippen molar-refractivity contribution in [1.82, 2.24) is 0 Å². The highest BCUT2D eigenvalue weighted by atomic mass is 16.5. The minimum atomic E-state index is 0.167. The van der Waals surface area contributed by atoms with Gasteiger partial charge in [0.05, 0.1) is 0 Å². The van der Waals surface area contributed by atoms with E-state index in [1.165, 1.54) is 43.4 Å². The van der Waals surface area contributed by atoms with Gasteiger partial charge in [-0.3, -0.25) is 0 Å². The van der Waals surface area contributed by atoms with Crippen LogP contribution in [0.3, 0.4) is 0 Å². The first-order valence-corrected chi connectivity index (χ1v) is 8.52. The van der Waals surface area contributed by atoms with E-state index in [2.05, 4.69) is 57.2 Å². The lowest BCUT2D eigenvalue weighted by molar-refractivity contribution is -0.114. The Balaban J connectivity index is 0.000000305. The second kappa shape index (κ2) is 14.6. The maximum absolute atomic E-state index is 9.44. The molecule has 0 atom stereocenters. The summed E-state index contributed by atoms with van der Waals surface area (Å²) in [6.07, 6.45) is 2.56. The number of carbonyl (C=O) groups excluding carboxylic acids is 1. The van der Waals surface area contributed by atoms with E-state index in [-0.39, 0.29) is 5.78 Å². The highest BCUT2D eigenvalue weighted by Gasteiger charge is 1.94. The van der Waals surface area contributed by atoms with Crippen LogP contribution < -0.4 is 0 Å². The number of aryl methyl sites for hydroxylation is 3. The lowest BCUT2D eigenvalue weighted by Gasteiger charge is -1.93. The van der Waals surface area contributed by atoms with Crippen LogP contribution in [-0.2, 0) is 9.53 Å². The lowest BCUT2D eigenvalue weighted by Crippen LogP contribution is -1.74. The topological polar surface area (TPSA) is 26.3 Å². The predicted molar refractivity (Wildman–Crippen MR) is 104 cm³/mol. The summed E-state index contributed by atoms with van der Waals surface area (Å²) in [5.74, 6) is 0.167. The molecule has 2 nitrogen and oxygen atoms in total. The first-order valence-electron chi connectivity index (χ1n) is 8.52. The Morgan fingerprint density at radius 3 is 1.33 bits per heavy atom. The summed E-state index contributed by atoms with van der Waals surface area (Å²) in [4.78, 5) is 9.44. The lowest BCUT2D eigenvalue weighted by atomic mass is 10.1. The van der Waals surface area contributed by atoms with Gasteiger partial charge < -0.3 is 9.53 Å². The molecule has 24 heavy (non-hydrogen) atoms. The molecule has 0 bridgehead atoms. The highest BCUT2D eigenvalue weighted by molar-refractivity contribution is 5.72. The van der Waals surface area contributed by atoms with Gasteiger partial charge in [-0.1, -0.05) is 60.2 Å². The van der Waals surface area contributed by atoms with Crippen molar-refractivity contribution in [1.29, 1.82) is 0 Å². The molecule has 1 fully saturated rings. The van der Waals surface area contributed by atoms with E-state index in [9.17, 15) is 4.79 Å². The van der Waals surface area contributed by atoms with Crippen LogP contribution in [-0.4, -0.2) is 19.0 Å². The second-order valence-electron chi connectivity index (χ2n) is 5.97. The minimum Gasteiger partial charge on any atom is -0.381 e. The van der Waals surface area contributed by atoms with Gasteiger partial charge >= 0.3 is 0 Å². The largest absolute Gasteiger partial charge is 0.381 e. The summed E-state index contributed by atoms with van der Waals surface area (Å²) in [5.41, 5.74) is 4.06. The van der Waals surface area contributed by atoms with Gasteiger partial charge in [0.2, 0.25) is 0 Å². The molecule has 0 spiro atoms. The first-order chi connectivity index (χ1) is 11.4. The molecule has 1 aliphatic rings. The Morgan fingerprint density at radius 1 is 0.750 bits per heavy atom. The van der Waals surface area contributed by atoms with Gasteiger partial charge in [-0.2, -0.15) is 0 Å². The van der Waals surface area contributed by atoms with Crippen LogP contribution in [0.4, 0.5) is 0 Å². The van der Waals surface area contributed by atoms with Crippen LogP contribution in [0.15, 0.2) is 54.6 Å². The van der Waals surface area contributed by atoms with Gasteiger partial charge in [0, 0.05) is 13.2 Å². The van der Waals surface area contributed by atoms with Crippen molar-refractivity contribution in [2.75, 3.05) is 13.2 Å². The molecule has 3 rings (SSSR count). The molecule has 0 aromatic heterocycles. The number of benzene rings is 2. The molecule has 0 N–H and O–H groups in total. The Kier molecular flexibility index (Phi) is 13.5. The van der Waals surface area contributed by atoms with E-state index in [1.54, 1.807) is 0 Å². The van der Waals surface area contributed by atoms with Crippen molar-refractivity contribution in [3.05, 3.63) is 71.3 Å². The fourth-order valence-corrected chi connectivity index (χ4v) is 1.71. The van der Waals surface area contributed by atoms with Gasteiger partial charge in [-0.25, -0.2) is 0 Å². The van der Waals surface area contributed by atoms with Crippen molar-refractivity contribution in [3.8, 4) is 0 Å². The van der Waals surface area contributed by atoms with Crippen molar-refractivity contribution in [2.45, 2.75) is 47.5 Å². The molecule has 0 saturated carbocycles. The third-order valence-electron chi connectivity index (χ3n) is 3.19. The van der Waals surface area contributed by atoms with Crippen LogP contribution in [0.1, 0.15) is 43.4 Å². The van der Waals surface area contributed by atoms with E-state index >= 15 is 0 Å². The van der Waals surface area contributed by atoms with Gasteiger partial charge in [-0.05, 0) is 58.6 Å². The van der Waals surface area contributed by atoms with Crippen molar-refractivity contribution >= 4 is 5.78 Å². The molecule has 0 aliphatic carbocycles. The molecule has 2 heteroatoms. The summed E-state index contributed by atoms with van der Waals surface area (Å²) >= 11 is 0. The highest BCUT2D eigenvalue weighted by Crippen LogP contribution is 2.02. The fraction of sp³-hybridized carbons (Fsp3) is 0.409. The Morgan fingerprint density at radius 2 is 1.12 bits per heavy atom. The smallest absolute Gasteiger partial charge is 0.126 e. The molecule has 1 saturated heterocycles. The van der Waals surface area contributed by atoms with Crippen LogP contribution in [0.25, 0.3) is 0 Å². The number of hydrogen-bond acceptors (Lipinski definition) is 2. The summed E-state index contributed by atoms with van der Waals surface area (Å²) in [5, 5.41) is 0. The maximum atomic E-state index is 9.44. The Labute approximate surface area is 147 Å². The van der Waals surface area contributed by atoms with Crippen LogP contribution in [0.2, 0.25) is 0 Å². The number of Topliss-reactive ketones (excluding diaryl/α,β-unsaturated/α-hetero) is 1. The minimum absolute atomic E-state index is 0.167. The first kappa shape index (κ1) is 22.1. The van der Waals surface area contributed by atoms with Crippen LogP contribution in [0, 0.1) is 20.8 Å². The fourth-order valence-electron chi connectivity index (χ4n) is 1.71. The van der Waals surface area contributed by atoms with E-state index in [4.69, 9.17) is 4.74 Å². The third-order valence-corrected chi connectivity index (χ3v) is 3.19. The van der Waals surface area contributed by atoms with E-state index in [0.717, 1.165) is 13.2 Å². The number of ketones is 1. The molecule has 2 aromatic rings. The van der Waals surface area contributed by atoms with Gasteiger partial charge in [0.15, 0.2) is 0 Å². The SMILES string of the molecule is C1CCOC1.CC(C)=O.Cc1ccccc1.Cc1ccccc1C. The molecule has 1 aliphatic heterocycles. The number of rotatable bonds is 0. The number of ether oxygens (including phenoxy) is 1.